The maximum absolute atomic E-state index is 11.8. The zero-order valence-electron chi connectivity index (χ0n) is 13.9. The van der Waals surface area contributed by atoms with Gasteiger partial charge in [-0.15, -0.1) is 0 Å². The van der Waals surface area contributed by atoms with Gasteiger partial charge in [0.05, 0.1) is 25.0 Å². The van der Waals surface area contributed by atoms with Gasteiger partial charge >= 0.3 is 5.97 Å². The molecule has 0 saturated heterocycles. The molecule has 1 N–H and O–H groups in total. The highest BCUT2D eigenvalue weighted by Gasteiger charge is 2.12. The Morgan fingerprint density at radius 3 is 2.52 bits per heavy atom. The molecule has 0 radical (unpaired) electrons. The van der Waals surface area contributed by atoms with E-state index in [9.17, 15) is 4.79 Å². The Balaban J connectivity index is 1.87. The minimum atomic E-state index is -0.327. The highest BCUT2D eigenvalue weighted by Crippen LogP contribution is 2.21. The van der Waals surface area contributed by atoms with Gasteiger partial charge in [-0.2, -0.15) is 0 Å². The molecule has 2 aromatic rings. The second-order valence-corrected chi connectivity index (χ2v) is 5.38. The number of ether oxygens (including phenoxy) is 2. The zero-order valence-corrected chi connectivity index (χ0v) is 13.9. The van der Waals surface area contributed by atoms with E-state index in [1.54, 1.807) is 6.07 Å². The van der Waals surface area contributed by atoms with E-state index in [1.807, 2.05) is 50.2 Å². The molecule has 0 aliphatic carbocycles. The first kappa shape index (κ1) is 16.9. The maximum atomic E-state index is 11.8. The minimum absolute atomic E-state index is 0.327. The molecule has 122 valence electrons. The summed E-state index contributed by atoms with van der Waals surface area (Å²) in [4.78, 5) is 11.8. The van der Waals surface area contributed by atoms with Crippen molar-refractivity contribution < 1.29 is 14.3 Å². The van der Waals surface area contributed by atoms with Crippen molar-refractivity contribution in [3.05, 3.63) is 59.2 Å². The number of hydrogen-bond acceptors (Lipinski definition) is 4. The summed E-state index contributed by atoms with van der Waals surface area (Å²) in [5.74, 6) is 0.589. The molecular formula is C19H23NO3. The van der Waals surface area contributed by atoms with E-state index < -0.39 is 0 Å². The van der Waals surface area contributed by atoms with Crippen LogP contribution in [0.25, 0.3) is 0 Å². The average molecular weight is 313 g/mol. The number of carbonyl (C=O) groups excluding carboxylic acids is 1. The van der Waals surface area contributed by atoms with Crippen LogP contribution in [0.15, 0.2) is 42.5 Å². The van der Waals surface area contributed by atoms with Crippen LogP contribution in [-0.4, -0.2) is 26.2 Å². The molecule has 0 saturated carbocycles. The number of para-hydroxylation sites is 2. The van der Waals surface area contributed by atoms with Crippen LogP contribution in [0.2, 0.25) is 0 Å². The Morgan fingerprint density at radius 1 is 1.04 bits per heavy atom. The number of methoxy groups -OCH3 is 1. The number of benzene rings is 2. The van der Waals surface area contributed by atoms with Crippen LogP contribution in [0.1, 0.15) is 27.9 Å². The second-order valence-electron chi connectivity index (χ2n) is 5.38. The van der Waals surface area contributed by atoms with Gasteiger partial charge in [0.25, 0.3) is 0 Å². The van der Waals surface area contributed by atoms with Gasteiger partial charge in [-0.1, -0.05) is 30.3 Å². The van der Waals surface area contributed by atoms with Crippen LogP contribution >= 0.6 is 0 Å². The van der Waals surface area contributed by atoms with Crippen molar-refractivity contribution >= 4 is 11.7 Å². The summed E-state index contributed by atoms with van der Waals surface area (Å²) in [6.07, 6.45) is 0.837. The van der Waals surface area contributed by atoms with Crippen LogP contribution < -0.4 is 10.1 Å². The van der Waals surface area contributed by atoms with Gasteiger partial charge in [0.15, 0.2) is 0 Å². The summed E-state index contributed by atoms with van der Waals surface area (Å²) < 4.78 is 10.6. The number of carbonyl (C=O) groups is 1. The number of rotatable bonds is 7. The molecule has 0 aliphatic rings. The van der Waals surface area contributed by atoms with Gasteiger partial charge < -0.3 is 14.8 Å². The van der Waals surface area contributed by atoms with Gasteiger partial charge in [0.2, 0.25) is 0 Å². The highest BCUT2D eigenvalue weighted by atomic mass is 16.5. The smallest absolute Gasteiger partial charge is 0.339 e. The van der Waals surface area contributed by atoms with Gasteiger partial charge in [0, 0.05) is 6.54 Å². The first-order valence-corrected chi connectivity index (χ1v) is 7.73. The number of esters is 1. The lowest BCUT2D eigenvalue weighted by atomic mass is 10.1. The lowest BCUT2D eigenvalue weighted by Gasteiger charge is -2.14. The average Bonchev–Trinajstić information content (AvgIpc) is 2.56. The standard InChI is InChI=1S/C19H23NO3/c1-14-8-4-5-11-17(14)23-13-7-12-20-18-15(2)9-6-10-16(18)19(21)22-3/h4-6,8-11,20H,7,12-13H2,1-3H3. The van der Waals surface area contributed by atoms with E-state index in [0.29, 0.717) is 12.2 Å². The third kappa shape index (κ3) is 4.49. The SMILES string of the molecule is COC(=O)c1cccc(C)c1NCCCOc1ccccc1C. The van der Waals surface area contributed by atoms with E-state index in [0.717, 1.165) is 35.5 Å². The van der Waals surface area contributed by atoms with Crippen LogP contribution in [-0.2, 0) is 4.74 Å². The Hall–Kier alpha value is -2.49. The van der Waals surface area contributed by atoms with Crippen molar-refractivity contribution in [3.8, 4) is 5.75 Å². The van der Waals surface area contributed by atoms with Crippen LogP contribution in [0.4, 0.5) is 5.69 Å². The third-order valence-corrected chi connectivity index (χ3v) is 3.65. The van der Waals surface area contributed by atoms with Crippen molar-refractivity contribution in [3.63, 3.8) is 0 Å². The van der Waals surface area contributed by atoms with Crippen LogP contribution in [0.3, 0.4) is 0 Å². The molecule has 0 fully saturated rings. The molecule has 0 aliphatic heterocycles. The molecule has 0 amide bonds. The monoisotopic (exact) mass is 313 g/mol. The summed E-state index contributed by atoms with van der Waals surface area (Å²) in [5.41, 5.74) is 3.54. The van der Waals surface area contributed by atoms with Gasteiger partial charge in [-0.3, -0.25) is 0 Å². The highest BCUT2D eigenvalue weighted by molar-refractivity contribution is 5.96. The molecule has 2 aromatic carbocycles. The number of hydrogen-bond donors (Lipinski definition) is 1. The molecule has 4 heteroatoms. The van der Waals surface area contributed by atoms with Crippen molar-refractivity contribution in [1.29, 1.82) is 0 Å². The molecular weight excluding hydrogens is 290 g/mol. The minimum Gasteiger partial charge on any atom is -0.493 e. The molecule has 0 unspecified atom stereocenters. The summed E-state index contributed by atoms with van der Waals surface area (Å²) in [5, 5.41) is 3.32. The lowest BCUT2D eigenvalue weighted by molar-refractivity contribution is 0.0601. The van der Waals surface area contributed by atoms with Crippen molar-refractivity contribution in [2.45, 2.75) is 20.3 Å². The summed E-state index contributed by atoms with van der Waals surface area (Å²) in [6, 6.07) is 13.6. The first-order valence-electron chi connectivity index (χ1n) is 7.73. The number of anilines is 1. The third-order valence-electron chi connectivity index (χ3n) is 3.65. The molecule has 4 nitrogen and oxygen atoms in total. The maximum Gasteiger partial charge on any atom is 0.339 e. The fourth-order valence-electron chi connectivity index (χ4n) is 2.37. The second kappa shape index (κ2) is 8.22. The molecule has 2 rings (SSSR count). The fraction of sp³-hybridized carbons (Fsp3) is 0.316. The van der Waals surface area contributed by atoms with Crippen molar-refractivity contribution in [2.24, 2.45) is 0 Å². The number of nitrogens with one attached hydrogen (secondary N) is 1. The van der Waals surface area contributed by atoms with Crippen LogP contribution in [0.5, 0.6) is 5.75 Å². The Morgan fingerprint density at radius 2 is 1.78 bits per heavy atom. The topological polar surface area (TPSA) is 47.6 Å². The Bertz CT molecular complexity index is 667. The lowest BCUT2D eigenvalue weighted by Crippen LogP contribution is -2.12. The van der Waals surface area contributed by atoms with Crippen LogP contribution in [0, 0.1) is 13.8 Å². The van der Waals surface area contributed by atoms with Gasteiger partial charge in [-0.25, -0.2) is 4.79 Å². The molecule has 0 heterocycles. The first-order chi connectivity index (χ1) is 11.1. The predicted octanol–water partition coefficient (Wildman–Crippen LogP) is 3.97. The summed E-state index contributed by atoms with van der Waals surface area (Å²) in [7, 11) is 1.39. The molecule has 0 atom stereocenters. The fourth-order valence-corrected chi connectivity index (χ4v) is 2.37. The normalized spacial score (nSPS) is 10.2. The number of aryl methyl sites for hydroxylation is 2. The molecule has 23 heavy (non-hydrogen) atoms. The summed E-state index contributed by atoms with van der Waals surface area (Å²) >= 11 is 0. The van der Waals surface area contributed by atoms with Crippen molar-refractivity contribution in [1.82, 2.24) is 0 Å². The molecule has 0 aromatic heterocycles. The molecule has 0 bridgehead atoms. The summed E-state index contributed by atoms with van der Waals surface area (Å²) in [6.45, 7) is 5.35. The van der Waals surface area contributed by atoms with E-state index in [2.05, 4.69) is 5.32 Å². The van der Waals surface area contributed by atoms with E-state index in [1.165, 1.54) is 7.11 Å². The van der Waals surface area contributed by atoms with Gasteiger partial charge in [-0.05, 0) is 43.5 Å². The largest absolute Gasteiger partial charge is 0.493 e. The Labute approximate surface area is 137 Å². The predicted molar refractivity (Wildman–Crippen MR) is 92.3 cm³/mol. The van der Waals surface area contributed by atoms with E-state index >= 15 is 0 Å². The van der Waals surface area contributed by atoms with E-state index in [-0.39, 0.29) is 5.97 Å². The van der Waals surface area contributed by atoms with Crippen molar-refractivity contribution in [2.75, 3.05) is 25.6 Å². The molecule has 0 spiro atoms. The quantitative estimate of drug-likeness (QED) is 0.620. The zero-order chi connectivity index (χ0) is 16.7. The Kier molecular flexibility index (Phi) is 6.03. The van der Waals surface area contributed by atoms with Gasteiger partial charge in [0.1, 0.15) is 5.75 Å². The van der Waals surface area contributed by atoms with E-state index in [4.69, 9.17) is 9.47 Å².